The summed E-state index contributed by atoms with van der Waals surface area (Å²) >= 11 is 0. The van der Waals surface area contributed by atoms with Crippen LogP contribution in [0.25, 0.3) is 22.3 Å². The molecule has 2 aliphatic rings. The van der Waals surface area contributed by atoms with Crippen LogP contribution in [0.2, 0.25) is 0 Å². The molecule has 3 aromatic rings. The number of aromatic nitrogens is 2. The number of cyclic esters (lactones) is 1. The molecular formula is C23H19N3O7. The van der Waals surface area contributed by atoms with E-state index in [1.807, 2.05) is 0 Å². The van der Waals surface area contributed by atoms with Crippen molar-refractivity contribution in [1.29, 1.82) is 0 Å². The van der Waals surface area contributed by atoms with Crippen LogP contribution in [-0.4, -0.2) is 26.4 Å². The van der Waals surface area contributed by atoms with Crippen molar-refractivity contribution < 1.29 is 24.0 Å². The van der Waals surface area contributed by atoms with Crippen molar-refractivity contribution in [2.24, 2.45) is 0 Å². The van der Waals surface area contributed by atoms with Gasteiger partial charge in [0, 0.05) is 23.6 Å². The Bertz CT molecular complexity index is 1440. The zero-order valence-corrected chi connectivity index (χ0v) is 17.9. The maximum absolute atomic E-state index is 13.4. The largest absolute Gasteiger partial charge is 0.457 e. The number of hydrogen-bond acceptors (Lipinski definition) is 8. The molecule has 1 unspecified atom stereocenters. The minimum absolute atomic E-state index is 0.0590. The molecule has 10 nitrogen and oxygen atoms in total. The second-order valence-electron chi connectivity index (χ2n) is 7.99. The van der Waals surface area contributed by atoms with Gasteiger partial charge in [0.1, 0.15) is 6.61 Å². The Morgan fingerprint density at radius 2 is 2.09 bits per heavy atom. The van der Waals surface area contributed by atoms with Crippen LogP contribution in [0, 0.1) is 10.1 Å². The third-order valence-corrected chi connectivity index (χ3v) is 6.27. The fraction of sp³-hybridized carbons (Fsp3) is 0.304. The molecule has 1 atom stereocenters. The monoisotopic (exact) mass is 449 g/mol. The number of non-ortho nitro benzene ring substituents is 1. The van der Waals surface area contributed by atoms with Gasteiger partial charge < -0.3 is 14.0 Å². The van der Waals surface area contributed by atoms with Crippen molar-refractivity contribution in [1.82, 2.24) is 9.55 Å². The molecule has 0 fully saturated rings. The van der Waals surface area contributed by atoms with Crippen molar-refractivity contribution in [2.75, 3.05) is 0 Å². The molecule has 0 saturated carbocycles. The highest BCUT2D eigenvalue weighted by Gasteiger charge is 2.50. The molecule has 4 heterocycles. The van der Waals surface area contributed by atoms with E-state index in [9.17, 15) is 24.5 Å². The van der Waals surface area contributed by atoms with Gasteiger partial charge in [0.2, 0.25) is 5.60 Å². The second kappa shape index (κ2) is 7.22. The van der Waals surface area contributed by atoms with Crippen LogP contribution >= 0.6 is 0 Å². The van der Waals surface area contributed by atoms with Crippen molar-refractivity contribution in [2.45, 2.75) is 45.4 Å². The van der Waals surface area contributed by atoms with E-state index < -0.39 is 22.5 Å². The summed E-state index contributed by atoms with van der Waals surface area (Å²) in [5.74, 6) is -1.30. The molecular weight excluding hydrogens is 430 g/mol. The Kier molecular flexibility index (Phi) is 4.55. The first-order chi connectivity index (χ1) is 15.8. The number of nitro benzene ring substituents is 1. The number of pyridine rings is 2. The molecule has 5 rings (SSSR count). The van der Waals surface area contributed by atoms with E-state index >= 15 is 0 Å². The van der Waals surface area contributed by atoms with Gasteiger partial charge in [-0.25, -0.2) is 9.78 Å². The number of fused-ring (bicyclic) bond motifs is 5. The number of ether oxygens (including phenoxy) is 2. The van der Waals surface area contributed by atoms with Crippen LogP contribution in [0.5, 0.6) is 0 Å². The van der Waals surface area contributed by atoms with E-state index in [1.54, 1.807) is 38.1 Å². The van der Waals surface area contributed by atoms with E-state index in [0.717, 1.165) is 0 Å². The van der Waals surface area contributed by atoms with E-state index in [1.165, 1.54) is 10.6 Å². The molecule has 2 aromatic heterocycles. The Hall–Kier alpha value is -4.08. The quantitative estimate of drug-likeness (QED) is 0.264. The molecule has 1 aromatic carbocycles. The Balaban J connectivity index is 1.76. The van der Waals surface area contributed by atoms with Crippen molar-refractivity contribution >= 4 is 28.5 Å². The number of carbonyl (C=O) groups is 2. The highest BCUT2D eigenvalue weighted by molar-refractivity contribution is 5.92. The van der Waals surface area contributed by atoms with Crippen LogP contribution in [-0.2, 0) is 37.8 Å². The second-order valence-corrected chi connectivity index (χ2v) is 7.99. The first-order valence-electron chi connectivity index (χ1n) is 10.5. The van der Waals surface area contributed by atoms with Crippen LogP contribution in [0.3, 0.4) is 0 Å². The lowest BCUT2D eigenvalue weighted by Crippen LogP contribution is -2.47. The van der Waals surface area contributed by atoms with Crippen LogP contribution in [0.1, 0.15) is 43.4 Å². The molecule has 2 aliphatic heterocycles. The number of nitro groups is 1. The van der Waals surface area contributed by atoms with Crippen LogP contribution < -0.4 is 5.56 Å². The molecule has 168 valence electrons. The van der Waals surface area contributed by atoms with Crippen molar-refractivity contribution in [3.05, 3.63) is 67.5 Å². The highest BCUT2D eigenvalue weighted by atomic mass is 16.6. The molecule has 0 spiro atoms. The van der Waals surface area contributed by atoms with Gasteiger partial charge in [-0.1, -0.05) is 19.9 Å². The fourth-order valence-electron chi connectivity index (χ4n) is 4.57. The average molecular weight is 449 g/mol. The van der Waals surface area contributed by atoms with Gasteiger partial charge in [-0.2, -0.15) is 0 Å². The molecule has 10 heteroatoms. The van der Waals surface area contributed by atoms with E-state index in [4.69, 9.17) is 9.47 Å². The highest BCUT2D eigenvalue weighted by Crippen LogP contribution is 2.41. The molecule has 0 amide bonds. The van der Waals surface area contributed by atoms with E-state index in [2.05, 4.69) is 4.98 Å². The Morgan fingerprint density at radius 3 is 2.79 bits per heavy atom. The zero-order chi connectivity index (χ0) is 23.5. The number of hydrogen-bond donors (Lipinski definition) is 0. The summed E-state index contributed by atoms with van der Waals surface area (Å²) in [6, 6.07) is 7.96. The predicted octanol–water partition coefficient (Wildman–Crippen LogP) is 2.95. The summed E-state index contributed by atoms with van der Waals surface area (Å²) in [5.41, 5.74) is 0.402. The summed E-state index contributed by atoms with van der Waals surface area (Å²) < 4.78 is 12.3. The lowest BCUT2D eigenvalue weighted by atomic mass is 9.85. The van der Waals surface area contributed by atoms with Crippen LogP contribution in [0.4, 0.5) is 5.69 Å². The Labute approximate surface area is 186 Å². The Morgan fingerprint density at radius 1 is 1.30 bits per heavy atom. The van der Waals surface area contributed by atoms with Crippen molar-refractivity contribution in [3.63, 3.8) is 0 Å². The molecule has 0 N–H and O–H groups in total. The van der Waals surface area contributed by atoms with Gasteiger partial charge in [0.15, 0.2) is 0 Å². The first kappa shape index (κ1) is 20.8. The maximum atomic E-state index is 13.4. The smallest absolute Gasteiger partial charge is 0.355 e. The third-order valence-electron chi connectivity index (χ3n) is 6.27. The third kappa shape index (κ3) is 2.86. The fourth-order valence-corrected chi connectivity index (χ4v) is 4.57. The van der Waals surface area contributed by atoms with Gasteiger partial charge in [-0.05, 0) is 24.6 Å². The number of nitrogens with zero attached hydrogens (tertiary/aromatic N) is 3. The first-order valence-corrected chi connectivity index (χ1v) is 10.5. The molecule has 0 aliphatic carbocycles. The maximum Gasteiger partial charge on any atom is 0.355 e. The predicted molar refractivity (Wildman–Crippen MR) is 115 cm³/mol. The van der Waals surface area contributed by atoms with E-state index in [0.29, 0.717) is 33.4 Å². The summed E-state index contributed by atoms with van der Waals surface area (Å²) in [7, 11) is 0. The van der Waals surface area contributed by atoms with Crippen molar-refractivity contribution in [3.8, 4) is 11.4 Å². The van der Waals surface area contributed by atoms with Gasteiger partial charge in [-0.15, -0.1) is 0 Å². The lowest BCUT2D eigenvalue weighted by Gasteiger charge is -2.35. The van der Waals surface area contributed by atoms with Gasteiger partial charge in [0.25, 0.3) is 11.2 Å². The molecule has 0 radical (unpaired) electrons. The molecule has 0 saturated heterocycles. The topological polar surface area (TPSA) is 131 Å². The van der Waals surface area contributed by atoms with Crippen LogP contribution in [0.15, 0.2) is 35.1 Å². The number of esters is 2. The summed E-state index contributed by atoms with van der Waals surface area (Å²) in [6.45, 7) is 3.25. The summed E-state index contributed by atoms with van der Waals surface area (Å²) in [5, 5.41) is 11.8. The average Bonchev–Trinajstić information content (AvgIpc) is 3.17. The SMILES string of the molecule is CCC(=O)OC1(CC)C(=O)OCc2c1cc1n(c2=O)Cc2cc3c([N+](=O)[O-])cccc3nc2-1. The minimum atomic E-state index is -1.71. The summed E-state index contributed by atoms with van der Waals surface area (Å²) in [6.07, 6.45) is 0.154. The van der Waals surface area contributed by atoms with Gasteiger partial charge in [-0.3, -0.25) is 19.7 Å². The number of carbonyl (C=O) groups excluding carboxylic acids is 2. The standard InChI is InChI=1S/C23H19N3O7/c1-3-19(27)33-23(4-2)15-9-18-20-12(10-25(18)21(28)14(15)11-32-22(23)29)8-13-16(24-20)6-5-7-17(13)26(30)31/h5-9H,3-4,10-11H2,1-2H3. The normalized spacial score (nSPS) is 18.3. The number of benzene rings is 1. The van der Waals surface area contributed by atoms with Gasteiger partial charge >= 0.3 is 11.9 Å². The minimum Gasteiger partial charge on any atom is -0.457 e. The van der Waals surface area contributed by atoms with E-state index in [-0.39, 0.29) is 42.8 Å². The lowest BCUT2D eigenvalue weighted by molar-refractivity contribution is -0.383. The summed E-state index contributed by atoms with van der Waals surface area (Å²) in [4.78, 5) is 54.0. The molecule has 0 bridgehead atoms. The molecule has 33 heavy (non-hydrogen) atoms. The zero-order valence-electron chi connectivity index (χ0n) is 17.9. The van der Waals surface area contributed by atoms with Gasteiger partial charge in [0.05, 0.1) is 39.3 Å². The number of rotatable bonds is 4.